The Bertz CT molecular complexity index is 868. The summed E-state index contributed by atoms with van der Waals surface area (Å²) in [4.78, 5) is 23.0. The molecule has 26 heavy (non-hydrogen) atoms. The van der Waals surface area contributed by atoms with Gasteiger partial charge in [0, 0.05) is 31.9 Å². The Labute approximate surface area is 156 Å². The van der Waals surface area contributed by atoms with Crippen LogP contribution in [0.4, 0.5) is 0 Å². The Morgan fingerprint density at radius 1 is 1.23 bits per heavy atom. The zero-order valence-electron chi connectivity index (χ0n) is 14.5. The van der Waals surface area contributed by atoms with Crippen LogP contribution < -0.4 is 0 Å². The lowest BCUT2D eigenvalue weighted by Gasteiger charge is -2.21. The highest BCUT2D eigenvalue weighted by Crippen LogP contribution is 2.22. The van der Waals surface area contributed by atoms with Gasteiger partial charge in [0.25, 0.3) is 0 Å². The van der Waals surface area contributed by atoms with Crippen LogP contribution in [0, 0.1) is 11.3 Å². The van der Waals surface area contributed by atoms with E-state index in [0.717, 1.165) is 28.9 Å². The Kier molecular flexibility index (Phi) is 6.29. The van der Waals surface area contributed by atoms with E-state index < -0.39 is 0 Å². The minimum absolute atomic E-state index is 0.0743. The molecule has 0 atom stereocenters. The standard InChI is InChI=1S/C20H20N4OS/c21-11-5-13-24(15-16-6-4-12-22-14-16)20(25)10-3-9-19-23-17-7-1-2-8-18(17)26-19/h1-2,4,6-8,12,14H,3,5,9-10,13,15H2. The van der Waals surface area contributed by atoms with Crippen molar-refractivity contribution in [1.29, 1.82) is 5.26 Å². The topological polar surface area (TPSA) is 69.9 Å². The second kappa shape index (κ2) is 9.07. The van der Waals surface area contributed by atoms with Crippen LogP contribution >= 0.6 is 11.3 Å². The molecule has 6 heteroatoms. The molecule has 0 aliphatic carbocycles. The van der Waals surface area contributed by atoms with E-state index >= 15 is 0 Å². The van der Waals surface area contributed by atoms with Crippen molar-refractivity contribution >= 4 is 27.5 Å². The van der Waals surface area contributed by atoms with E-state index in [4.69, 9.17) is 5.26 Å². The number of aromatic nitrogens is 2. The fourth-order valence-electron chi connectivity index (χ4n) is 2.76. The predicted molar refractivity (Wildman–Crippen MR) is 102 cm³/mol. The maximum atomic E-state index is 12.6. The number of hydrogen-bond acceptors (Lipinski definition) is 5. The molecule has 2 aromatic heterocycles. The molecule has 0 N–H and O–H groups in total. The zero-order chi connectivity index (χ0) is 18.2. The van der Waals surface area contributed by atoms with Crippen molar-refractivity contribution in [3.05, 3.63) is 59.4 Å². The van der Waals surface area contributed by atoms with Gasteiger partial charge in [0.2, 0.25) is 5.91 Å². The van der Waals surface area contributed by atoms with E-state index in [9.17, 15) is 4.79 Å². The van der Waals surface area contributed by atoms with E-state index in [1.807, 2.05) is 30.3 Å². The molecular weight excluding hydrogens is 344 g/mol. The lowest BCUT2D eigenvalue weighted by molar-refractivity contribution is -0.131. The molecule has 2 heterocycles. The molecule has 1 aromatic carbocycles. The molecule has 0 saturated carbocycles. The quantitative estimate of drug-likeness (QED) is 0.607. The van der Waals surface area contributed by atoms with Gasteiger partial charge in [-0.15, -0.1) is 11.3 Å². The molecule has 0 aliphatic heterocycles. The van der Waals surface area contributed by atoms with Gasteiger partial charge in [0.15, 0.2) is 0 Å². The van der Waals surface area contributed by atoms with Crippen LogP contribution in [0.1, 0.15) is 29.8 Å². The predicted octanol–water partition coefficient (Wildman–Crippen LogP) is 3.96. The normalized spacial score (nSPS) is 10.6. The molecule has 5 nitrogen and oxygen atoms in total. The van der Waals surface area contributed by atoms with Gasteiger partial charge in [-0.1, -0.05) is 18.2 Å². The number of amides is 1. The van der Waals surface area contributed by atoms with Crippen molar-refractivity contribution in [3.63, 3.8) is 0 Å². The van der Waals surface area contributed by atoms with Crippen LogP contribution in [0.5, 0.6) is 0 Å². The largest absolute Gasteiger partial charge is 0.337 e. The number of carbonyl (C=O) groups excluding carboxylic acids is 1. The first kappa shape index (κ1) is 18.0. The number of hydrogen-bond donors (Lipinski definition) is 0. The van der Waals surface area contributed by atoms with Gasteiger partial charge in [-0.3, -0.25) is 9.78 Å². The van der Waals surface area contributed by atoms with Crippen molar-refractivity contribution in [1.82, 2.24) is 14.9 Å². The number of nitriles is 1. The summed E-state index contributed by atoms with van der Waals surface area (Å²) in [6, 6.07) is 14.0. The third-order valence-corrected chi connectivity index (χ3v) is 5.16. The van der Waals surface area contributed by atoms with Gasteiger partial charge >= 0.3 is 0 Å². The van der Waals surface area contributed by atoms with E-state index in [-0.39, 0.29) is 5.91 Å². The molecule has 1 amide bonds. The third-order valence-electron chi connectivity index (χ3n) is 4.06. The van der Waals surface area contributed by atoms with Crippen LogP contribution in [0.25, 0.3) is 10.2 Å². The lowest BCUT2D eigenvalue weighted by Crippen LogP contribution is -2.31. The molecule has 3 aromatic rings. The lowest BCUT2D eigenvalue weighted by atomic mass is 10.2. The molecule has 0 unspecified atom stereocenters. The Morgan fingerprint density at radius 3 is 2.88 bits per heavy atom. The summed E-state index contributed by atoms with van der Waals surface area (Å²) in [5.74, 6) is 0.0743. The molecule has 0 fully saturated rings. The Morgan fingerprint density at radius 2 is 2.12 bits per heavy atom. The number of rotatable bonds is 8. The van der Waals surface area contributed by atoms with Crippen LogP contribution in [0.3, 0.4) is 0 Å². The molecule has 0 radical (unpaired) electrons. The van der Waals surface area contributed by atoms with Gasteiger partial charge in [-0.2, -0.15) is 5.26 Å². The van der Waals surface area contributed by atoms with Crippen LogP contribution in [0.15, 0.2) is 48.8 Å². The Hall–Kier alpha value is -2.78. The summed E-state index contributed by atoms with van der Waals surface area (Å²) in [6.07, 6.45) is 5.82. The first-order valence-corrected chi connectivity index (χ1v) is 9.46. The summed E-state index contributed by atoms with van der Waals surface area (Å²) < 4.78 is 1.18. The summed E-state index contributed by atoms with van der Waals surface area (Å²) in [5, 5.41) is 9.91. The highest BCUT2D eigenvalue weighted by molar-refractivity contribution is 7.18. The smallest absolute Gasteiger partial charge is 0.222 e. The van der Waals surface area contributed by atoms with Crippen molar-refractivity contribution in [2.45, 2.75) is 32.2 Å². The average molecular weight is 364 g/mol. The van der Waals surface area contributed by atoms with Crippen molar-refractivity contribution in [3.8, 4) is 6.07 Å². The summed E-state index contributed by atoms with van der Waals surface area (Å²) in [5.41, 5.74) is 2.00. The minimum atomic E-state index is 0.0743. The number of aryl methyl sites for hydroxylation is 1. The van der Waals surface area contributed by atoms with Crippen molar-refractivity contribution in [2.24, 2.45) is 0 Å². The number of benzene rings is 1. The molecule has 0 aliphatic rings. The fraction of sp³-hybridized carbons (Fsp3) is 0.300. The third kappa shape index (κ3) is 4.87. The number of thiazole rings is 1. The van der Waals surface area contributed by atoms with E-state index in [1.165, 1.54) is 4.70 Å². The fourth-order valence-corrected chi connectivity index (χ4v) is 3.77. The summed E-state index contributed by atoms with van der Waals surface area (Å²) in [6.45, 7) is 0.945. The van der Waals surface area contributed by atoms with Crippen LogP contribution in [0.2, 0.25) is 0 Å². The van der Waals surface area contributed by atoms with Gasteiger partial charge in [0.1, 0.15) is 0 Å². The molecule has 132 valence electrons. The second-order valence-electron chi connectivity index (χ2n) is 6.01. The van der Waals surface area contributed by atoms with Crippen LogP contribution in [-0.4, -0.2) is 27.3 Å². The number of fused-ring (bicyclic) bond motifs is 1. The number of para-hydroxylation sites is 1. The molecule has 3 rings (SSSR count). The maximum absolute atomic E-state index is 12.6. The molecule has 0 bridgehead atoms. The first-order valence-electron chi connectivity index (χ1n) is 8.64. The van der Waals surface area contributed by atoms with Gasteiger partial charge in [-0.05, 0) is 36.6 Å². The van der Waals surface area contributed by atoms with Gasteiger partial charge < -0.3 is 4.90 Å². The van der Waals surface area contributed by atoms with Gasteiger partial charge in [-0.25, -0.2) is 4.98 Å². The maximum Gasteiger partial charge on any atom is 0.222 e. The van der Waals surface area contributed by atoms with E-state index in [2.05, 4.69) is 22.1 Å². The van der Waals surface area contributed by atoms with Crippen molar-refractivity contribution in [2.75, 3.05) is 6.54 Å². The number of nitrogens with zero attached hydrogens (tertiary/aromatic N) is 4. The summed E-state index contributed by atoms with van der Waals surface area (Å²) in [7, 11) is 0. The minimum Gasteiger partial charge on any atom is -0.337 e. The first-order chi connectivity index (χ1) is 12.8. The van der Waals surface area contributed by atoms with Crippen LogP contribution in [-0.2, 0) is 17.8 Å². The molecular formula is C20H20N4OS. The Balaban J connectivity index is 1.55. The second-order valence-corrected chi connectivity index (χ2v) is 7.13. The highest BCUT2D eigenvalue weighted by atomic mass is 32.1. The van der Waals surface area contributed by atoms with Gasteiger partial charge in [0.05, 0.1) is 27.7 Å². The zero-order valence-corrected chi connectivity index (χ0v) is 15.3. The molecule has 0 saturated heterocycles. The SMILES string of the molecule is N#CCCN(Cc1cccnc1)C(=O)CCCc1nc2ccccc2s1. The number of carbonyl (C=O) groups is 1. The summed E-state index contributed by atoms with van der Waals surface area (Å²) >= 11 is 1.69. The van der Waals surface area contributed by atoms with E-state index in [0.29, 0.717) is 25.9 Å². The number of pyridine rings is 1. The highest BCUT2D eigenvalue weighted by Gasteiger charge is 2.14. The van der Waals surface area contributed by atoms with Crippen molar-refractivity contribution < 1.29 is 4.79 Å². The monoisotopic (exact) mass is 364 g/mol. The van der Waals surface area contributed by atoms with E-state index in [1.54, 1.807) is 28.6 Å². The average Bonchev–Trinajstić information content (AvgIpc) is 3.08. The molecule has 0 spiro atoms.